The number of carbonyl (C=O) groups excluding carboxylic acids is 1. The second kappa shape index (κ2) is 4.30. The van der Waals surface area contributed by atoms with Crippen LogP contribution in [0.4, 0.5) is 0 Å². The molecular weight excluding hydrogens is 176 g/mol. The topological polar surface area (TPSA) is 55.1 Å². The summed E-state index contributed by atoms with van der Waals surface area (Å²) in [5.41, 5.74) is 5.81. The molecule has 0 aromatic rings. The molecule has 3 nitrogen and oxygen atoms in total. The summed E-state index contributed by atoms with van der Waals surface area (Å²) in [6, 6.07) is 0.773. The number of amides is 1. The highest BCUT2D eigenvalue weighted by molar-refractivity contribution is 5.79. The highest BCUT2D eigenvalue weighted by atomic mass is 16.2. The molecule has 0 aromatic carbocycles. The summed E-state index contributed by atoms with van der Waals surface area (Å²) in [6.07, 6.45) is 7.69. The van der Waals surface area contributed by atoms with E-state index in [1.807, 2.05) is 0 Å². The second-order valence-electron chi connectivity index (χ2n) is 4.75. The first kappa shape index (κ1) is 9.97. The molecule has 0 heterocycles. The Balaban J connectivity index is 1.71. The predicted octanol–water partition coefficient (Wildman–Crippen LogP) is 1.17. The van der Waals surface area contributed by atoms with Gasteiger partial charge in [0.25, 0.3) is 0 Å². The van der Waals surface area contributed by atoms with Crippen molar-refractivity contribution in [2.45, 2.75) is 57.0 Å². The lowest BCUT2D eigenvalue weighted by Crippen LogP contribution is -2.44. The lowest BCUT2D eigenvalue weighted by Gasteiger charge is -2.30. The summed E-state index contributed by atoms with van der Waals surface area (Å²) in [7, 11) is 0. The van der Waals surface area contributed by atoms with Gasteiger partial charge in [0.2, 0.25) is 5.91 Å². The summed E-state index contributed by atoms with van der Waals surface area (Å²) in [5, 5.41) is 3.15. The first-order valence-electron chi connectivity index (χ1n) is 5.81. The quantitative estimate of drug-likeness (QED) is 0.696. The average Bonchev–Trinajstić information content (AvgIpc) is 2.06. The Labute approximate surface area is 85.4 Å². The van der Waals surface area contributed by atoms with Gasteiger partial charge in [0, 0.05) is 18.0 Å². The molecule has 2 aliphatic rings. The van der Waals surface area contributed by atoms with Gasteiger partial charge in [0.15, 0.2) is 0 Å². The molecule has 0 saturated heterocycles. The molecule has 2 saturated carbocycles. The van der Waals surface area contributed by atoms with Crippen molar-refractivity contribution in [1.29, 1.82) is 0 Å². The Morgan fingerprint density at radius 3 is 2.21 bits per heavy atom. The molecule has 1 amide bonds. The van der Waals surface area contributed by atoms with E-state index in [0.717, 1.165) is 38.5 Å². The van der Waals surface area contributed by atoms with Crippen LogP contribution in [0.3, 0.4) is 0 Å². The van der Waals surface area contributed by atoms with Crippen LogP contribution in [0.25, 0.3) is 0 Å². The van der Waals surface area contributed by atoms with Crippen LogP contribution in [0.15, 0.2) is 0 Å². The maximum absolute atomic E-state index is 11.6. The van der Waals surface area contributed by atoms with E-state index in [0.29, 0.717) is 18.0 Å². The third kappa shape index (κ3) is 2.27. The largest absolute Gasteiger partial charge is 0.353 e. The third-order valence-corrected chi connectivity index (χ3v) is 3.59. The van der Waals surface area contributed by atoms with Crippen molar-refractivity contribution >= 4 is 5.91 Å². The fourth-order valence-corrected chi connectivity index (χ4v) is 2.25. The molecule has 2 aliphatic carbocycles. The average molecular weight is 196 g/mol. The van der Waals surface area contributed by atoms with Gasteiger partial charge < -0.3 is 11.1 Å². The van der Waals surface area contributed by atoms with Gasteiger partial charge in [-0.15, -0.1) is 0 Å². The normalized spacial score (nSPS) is 33.5. The van der Waals surface area contributed by atoms with Crippen LogP contribution in [-0.2, 0) is 4.79 Å². The van der Waals surface area contributed by atoms with Crippen LogP contribution in [0.2, 0.25) is 0 Å². The number of hydrogen-bond donors (Lipinski definition) is 2. The monoisotopic (exact) mass is 196 g/mol. The fourth-order valence-electron chi connectivity index (χ4n) is 2.25. The molecule has 0 aromatic heterocycles. The SMILES string of the molecule is NC1CCC(NC(=O)C2CCC2)CC1. The minimum atomic E-state index is 0.289. The molecule has 0 bridgehead atoms. The van der Waals surface area contributed by atoms with Crippen molar-refractivity contribution in [2.24, 2.45) is 11.7 Å². The predicted molar refractivity (Wildman–Crippen MR) is 55.7 cm³/mol. The van der Waals surface area contributed by atoms with Crippen molar-refractivity contribution in [3.8, 4) is 0 Å². The van der Waals surface area contributed by atoms with Crippen LogP contribution in [-0.4, -0.2) is 18.0 Å². The zero-order valence-corrected chi connectivity index (χ0v) is 8.67. The van der Waals surface area contributed by atoms with Crippen molar-refractivity contribution in [3.05, 3.63) is 0 Å². The highest BCUT2D eigenvalue weighted by Gasteiger charge is 2.28. The fraction of sp³-hybridized carbons (Fsp3) is 0.909. The molecule has 2 fully saturated rings. The maximum atomic E-state index is 11.6. The maximum Gasteiger partial charge on any atom is 0.223 e. The first-order valence-corrected chi connectivity index (χ1v) is 5.81. The lowest BCUT2D eigenvalue weighted by atomic mass is 9.84. The summed E-state index contributed by atoms with van der Waals surface area (Å²) in [5.74, 6) is 0.613. The number of nitrogens with two attached hydrogens (primary N) is 1. The Morgan fingerprint density at radius 1 is 1.07 bits per heavy atom. The summed E-state index contributed by atoms with van der Waals surface area (Å²) < 4.78 is 0. The molecular formula is C11H20N2O. The van der Waals surface area contributed by atoms with Gasteiger partial charge in [-0.1, -0.05) is 6.42 Å². The van der Waals surface area contributed by atoms with E-state index in [-0.39, 0.29) is 5.91 Å². The van der Waals surface area contributed by atoms with E-state index in [2.05, 4.69) is 5.32 Å². The van der Waals surface area contributed by atoms with Gasteiger partial charge >= 0.3 is 0 Å². The van der Waals surface area contributed by atoms with Crippen LogP contribution >= 0.6 is 0 Å². The van der Waals surface area contributed by atoms with Crippen molar-refractivity contribution in [3.63, 3.8) is 0 Å². The Kier molecular flexibility index (Phi) is 3.06. The van der Waals surface area contributed by atoms with E-state index < -0.39 is 0 Å². The van der Waals surface area contributed by atoms with Crippen molar-refractivity contribution in [2.75, 3.05) is 0 Å². The van der Waals surface area contributed by atoms with E-state index in [1.165, 1.54) is 6.42 Å². The molecule has 3 heteroatoms. The van der Waals surface area contributed by atoms with Crippen LogP contribution in [0, 0.1) is 5.92 Å². The van der Waals surface area contributed by atoms with E-state index in [9.17, 15) is 4.79 Å². The van der Waals surface area contributed by atoms with Gasteiger partial charge in [-0.3, -0.25) is 4.79 Å². The number of nitrogens with one attached hydrogen (secondary N) is 1. The van der Waals surface area contributed by atoms with Gasteiger partial charge in [-0.25, -0.2) is 0 Å². The number of hydrogen-bond acceptors (Lipinski definition) is 2. The zero-order chi connectivity index (χ0) is 9.97. The lowest BCUT2D eigenvalue weighted by molar-refractivity contribution is -0.128. The van der Waals surface area contributed by atoms with Crippen LogP contribution in [0.5, 0.6) is 0 Å². The van der Waals surface area contributed by atoms with Crippen LogP contribution in [0.1, 0.15) is 44.9 Å². The highest BCUT2D eigenvalue weighted by Crippen LogP contribution is 2.27. The zero-order valence-electron chi connectivity index (χ0n) is 8.67. The Bertz CT molecular complexity index is 205. The Morgan fingerprint density at radius 2 is 1.71 bits per heavy atom. The standard InChI is InChI=1S/C11H20N2O/c12-9-4-6-10(7-5-9)13-11(14)8-2-1-3-8/h8-10H,1-7,12H2,(H,13,14). The number of carbonyl (C=O) groups is 1. The van der Waals surface area contributed by atoms with E-state index >= 15 is 0 Å². The first-order chi connectivity index (χ1) is 6.75. The minimum absolute atomic E-state index is 0.289. The summed E-state index contributed by atoms with van der Waals surface area (Å²) in [4.78, 5) is 11.6. The number of rotatable bonds is 2. The minimum Gasteiger partial charge on any atom is -0.353 e. The van der Waals surface area contributed by atoms with Crippen molar-refractivity contribution < 1.29 is 4.79 Å². The smallest absolute Gasteiger partial charge is 0.223 e. The summed E-state index contributed by atoms with van der Waals surface area (Å²) in [6.45, 7) is 0. The van der Waals surface area contributed by atoms with Crippen LogP contribution < -0.4 is 11.1 Å². The summed E-state index contributed by atoms with van der Waals surface area (Å²) >= 11 is 0. The molecule has 0 atom stereocenters. The third-order valence-electron chi connectivity index (χ3n) is 3.59. The van der Waals surface area contributed by atoms with E-state index in [1.54, 1.807) is 0 Å². The molecule has 0 unspecified atom stereocenters. The second-order valence-corrected chi connectivity index (χ2v) is 4.75. The molecule has 2 rings (SSSR count). The van der Waals surface area contributed by atoms with Gasteiger partial charge in [-0.05, 0) is 38.5 Å². The van der Waals surface area contributed by atoms with Gasteiger partial charge in [-0.2, -0.15) is 0 Å². The molecule has 0 spiro atoms. The molecule has 0 radical (unpaired) electrons. The molecule has 14 heavy (non-hydrogen) atoms. The molecule has 80 valence electrons. The molecule has 0 aliphatic heterocycles. The van der Waals surface area contributed by atoms with E-state index in [4.69, 9.17) is 5.73 Å². The Hall–Kier alpha value is -0.570. The molecule has 3 N–H and O–H groups in total. The van der Waals surface area contributed by atoms with Crippen molar-refractivity contribution in [1.82, 2.24) is 5.32 Å². The van der Waals surface area contributed by atoms with Gasteiger partial charge in [0.1, 0.15) is 0 Å². The van der Waals surface area contributed by atoms with Gasteiger partial charge in [0.05, 0.1) is 0 Å².